The SMILES string of the molecule is CCNC(=NCCc1ccccn1)NCCc1ccc(CC)cc1. The maximum atomic E-state index is 4.62. The van der Waals surface area contributed by atoms with Gasteiger partial charge in [0.2, 0.25) is 0 Å². The normalized spacial score (nSPS) is 11.3. The molecule has 0 radical (unpaired) electrons. The third-order valence-electron chi connectivity index (χ3n) is 3.85. The van der Waals surface area contributed by atoms with Gasteiger partial charge in [-0.2, -0.15) is 0 Å². The number of guanidine groups is 1. The Balaban J connectivity index is 1.78. The van der Waals surface area contributed by atoms with Crippen molar-refractivity contribution >= 4 is 5.96 Å². The van der Waals surface area contributed by atoms with Gasteiger partial charge in [0, 0.05) is 37.9 Å². The largest absolute Gasteiger partial charge is 0.357 e. The molecule has 2 aromatic rings. The molecular formula is C20H28N4. The molecule has 0 saturated heterocycles. The molecule has 0 unspecified atom stereocenters. The second-order valence-corrected chi connectivity index (χ2v) is 5.68. The molecule has 1 heterocycles. The van der Waals surface area contributed by atoms with Crippen molar-refractivity contribution in [1.29, 1.82) is 0 Å². The molecular weight excluding hydrogens is 296 g/mol. The average molecular weight is 324 g/mol. The van der Waals surface area contributed by atoms with E-state index in [0.717, 1.165) is 50.6 Å². The molecule has 0 fully saturated rings. The zero-order valence-corrected chi connectivity index (χ0v) is 14.8. The molecule has 0 spiro atoms. The van der Waals surface area contributed by atoms with Crippen molar-refractivity contribution in [2.24, 2.45) is 4.99 Å². The summed E-state index contributed by atoms with van der Waals surface area (Å²) in [5.74, 6) is 0.874. The molecule has 0 amide bonds. The van der Waals surface area contributed by atoms with Crippen molar-refractivity contribution in [2.45, 2.75) is 33.1 Å². The van der Waals surface area contributed by atoms with Gasteiger partial charge in [-0.3, -0.25) is 9.98 Å². The number of nitrogens with one attached hydrogen (secondary N) is 2. The van der Waals surface area contributed by atoms with Crippen LogP contribution in [0.15, 0.2) is 53.7 Å². The molecule has 0 atom stereocenters. The van der Waals surface area contributed by atoms with E-state index >= 15 is 0 Å². The number of hydrogen-bond donors (Lipinski definition) is 2. The summed E-state index contributed by atoms with van der Waals surface area (Å²) in [7, 11) is 0. The number of pyridine rings is 1. The van der Waals surface area contributed by atoms with E-state index in [1.165, 1.54) is 11.1 Å². The van der Waals surface area contributed by atoms with Crippen LogP contribution in [0.2, 0.25) is 0 Å². The van der Waals surface area contributed by atoms with E-state index in [0.29, 0.717) is 0 Å². The summed E-state index contributed by atoms with van der Waals surface area (Å²) in [5, 5.41) is 6.69. The molecule has 128 valence electrons. The highest BCUT2D eigenvalue weighted by molar-refractivity contribution is 5.79. The topological polar surface area (TPSA) is 49.3 Å². The number of benzene rings is 1. The van der Waals surface area contributed by atoms with E-state index in [1.807, 2.05) is 24.4 Å². The van der Waals surface area contributed by atoms with Crippen LogP contribution in [0.5, 0.6) is 0 Å². The van der Waals surface area contributed by atoms with E-state index in [2.05, 4.69) is 58.7 Å². The summed E-state index contributed by atoms with van der Waals surface area (Å²) >= 11 is 0. The zero-order valence-electron chi connectivity index (χ0n) is 14.8. The van der Waals surface area contributed by atoms with Crippen LogP contribution in [0, 0.1) is 0 Å². The van der Waals surface area contributed by atoms with Crippen molar-refractivity contribution in [3.63, 3.8) is 0 Å². The highest BCUT2D eigenvalue weighted by Crippen LogP contribution is 2.05. The van der Waals surface area contributed by atoms with Gasteiger partial charge < -0.3 is 10.6 Å². The second-order valence-electron chi connectivity index (χ2n) is 5.68. The van der Waals surface area contributed by atoms with E-state index in [-0.39, 0.29) is 0 Å². The number of nitrogens with zero attached hydrogens (tertiary/aromatic N) is 2. The zero-order chi connectivity index (χ0) is 17.0. The summed E-state index contributed by atoms with van der Waals surface area (Å²) in [6, 6.07) is 14.8. The van der Waals surface area contributed by atoms with Gasteiger partial charge in [0.15, 0.2) is 5.96 Å². The molecule has 0 aliphatic carbocycles. The molecule has 4 nitrogen and oxygen atoms in total. The number of aromatic nitrogens is 1. The van der Waals surface area contributed by atoms with Gasteiger partial charge in [0.1, 0.15) is 0 Å². The van der Waals surface area contributed by atoms with E-state index in [1.54, 1.807) is 0 Å². The number of aryl methyl sites for hydroxylation is 1. The summed E-state index contributed by atoms with van der Waals surface area (Å²) in [6.07, 6.45) is 4.77. The van der Waals surface area contributed by atoms with Crippen LogP contribution >= 0.6 is 0 Å². The smallest absolute Gasteiger partial charge is 0.191 e. The van der Waals surface area contributed by atoms with Gasteiger partial charge in [0.25, 0.3) is 0 Å². The molecule has 4 heteroatoms. The lowest BCUT2D eigenvalue weighted by atomic mass is 10.1. The molecule has 24 heavy (non-hydrogen) atoms. The maximum Gasteiger partial charge on any atom is 0.191 e. The molecule has 0 aliphatic rings. The quantitative estimate of drug-likeness (QED) is 0.580. The summed E-state index contributed by atoms with van der Waals surface area (Å²) in [4.78, 5) is 8.95. The van der Waals surface area contributed by atoms with Crippen LogP contribution in [0.3, 0.4) is 0 Å². The lowest BCUT2D eigenvalue weighted by molar-refractivity contribution is 0.794. The average Bonchev–Trinajstić information content (AvgIpc) is 2.63. The fourth-order valence-electron chi connectivity index (χ4n) is 2.44. The van der Waals surface area contributed by atoms with Gasteiger partial charge in [-0.25, -0.2) is 0 Å². The molecule has 2 rings (SSSR count). The highest BCUT2D eigenvalue weighted by atomic mass is 15.2. The second kappa shape index (κ2) is 10.4. The lowest BCUT2D eigenvalue weighted by Gasteiger charge is -2.11. The molecule has 0 aliphatic heterocycles. The van der Waals surface area contributed by atoms with Crippen LogP contribution < -0.4 is 10.6 Å². The summed E-state index contributed by atoms with van der Waals surface area (Å²) in [5.41, 5.74) is 3.81. The lowest BCUT2D eigenvalue weighted by Crippen LogP contribution is -2.38. The van der Waals surface area contributed by atoms with E-state index in [4.69, 9.17) is 0 Å². The molecule has 0 saturated carbocycles. The van der Waals surface area contributed by atoms with E-state index in [9.17, 15) is 0 Å². The Bertz CT molecular complexity index is 605. The first-order chi connectivity index (χ1) is 11.8. The Hall–Kier alpha value is -2.36. The molecule has 1 aromatic heterocycles. The summed E-state index contributed by atoms with van der Waals surface area (Å²) in [6.45, 7) is 6.74. The fraction of sp³-hybridized carbons (Fsp3) is 0.400. The Morgan fingerprint density at radius 2 is 1.75 bits per heavy atom. The maximum absolute atomic E-state index is 4.62. The van der Waals surface area contributed by atoms with Gasteiger partial charge in [-0.05, 0) is 43.0 Å². The highest BCUT2D eigenvalue weighted by Gasteiger charge is 1.99. The van der Waals surface area contributed by atoms with Crippen LogP contribution in [-0.4, -0.2) is 30.6 Å². The van der Waals surface area contributed by atoms with E-state index < -0.39 is 0 Å². The predicted octanol–water partition coefficient (Wildman–Crippen LogP) is 2.98. The minimum atomic E-state index is 0.734. The minimum Gasteiger partial charge on any atom is -0.357 e. The van der Waals surface area contributed by atoms with Crippen LogP contribution in [0.4, 0.5) is 0 Å². The van der Waals surface area contributed by atoms with Gasteiger partial charge >= 0.3 is 0 Å². The number of aliphatic imine (C=N–C) groups is 1. The van der Waals surface area contributed by atoms with Gasteiger partial charge in [0.05, 0.1) is 0 Å². The first-order valence-electron chi connectivity index (χ1n) is 8.81. The fourth-order valence-corrected chi connectivity index (χ4v) is 2.44. The predicted molar refractivity (Wildman–Crippen MR) is 101 cm³/mol. The first kappa shape index (κ1) is 18.0. The Morgan fingerprint density at radius 1 is 0.958 bits per heavy atom. The molecule has 1 aromatic carbocycles. The van der Waals surface area contributed by atoms with Crippen LogP contribution in [0.1, 0.15) is 30.7 Å². The number of hydrogen-bond acceptors (Lipinski definition) is 2. The Labute approximate surface area is 145 Å². The Kier molecular flexibility index (Phi) is 7.81. The Morgan fingerprint density at radius 3 is 2.42 bits per heavy atom. The van der Waals surface area contributed by atoms with Crippen molar-refractivity contribution in [1.82, 2.24) is 15.6 Å². The minimum absolute atomic E-state index is 0.734. The van der Waals surface area contributed by atoms with Crippen molar-refractivity contribution in [3.8, 4) is 0 Å². The number of rotatable bonds is 8. The van der Waals surface area contributed by atoms with Gasteiger partial charge in [-0.15, -0.1) is 0 Å². The monoisotopic (exact) mass is 324 g/mol. The molecule has 0 bridgehead atoms. The van der Waals surface area contributed by atoms with Crippen LogP contribution in [0.25, 0.3) is 0 Å². The van der Waals surface area contributed by atoms with Crippen molar-refractivity contribution in [2.75, 3.05) is 19.6 Å². The first-order valence-corrected chi connectivity index (χ1v) is 8.81. The standard InChI is InChI=1S/C20H28N4/c1-3-17-8-10-18(11-9-17)12-15-23-20(21-4-2)24-16-13-19-7-5-6-14-22-19/h5-11,14H,3-4,12-13,15-16H2,1-2H3,(H2,21,23,24). The summed E-state index contributed by atoms with van der Waals surface area (Å²) < 4.78 is 0. The van der Waals surface area contributed by atoms with Crippen molar-refractivity contribution in [3.05, 3.63) is 65.5 Å². The third kappa shape index (κ3) is 6.41. The van der Waals surface area contributed by atoms with Gasteiger partial charge in [-0.1, -0.05) is 37.3 Å². The van der Waals surface area contributed by atoms with Crippen LogP contribution in [-0.2, 0) is 19.3 Å². The molecule has 2 N–H and O–H groups in total. The third-order valence-corrected chi connectivity index (χ3v) is 3.85. The van der Waals surface area contributed by atoms with Crippen molar-refractivity contribution < 1.29 is 0 Å².